The quantitative estimate of drug-likeness (QED) is 0.509. The van der Waals surface area contributed by atoms with Crippen molar-refractivity contribution in [2.24, 2.45) is 11.8 Å². The summed E-state index contributed by atoms with van der Waals surface area (Å²) in [5, 5.41) is 0. The predicted molar refractivity (Wildman–Crippen MR) is 57.3 cm³/mol. The molecule has 0 radical (unpaired) electrons. The van der Waals surface area contributed by atoms with Gasteiger partial charge in [0, 0.05) is 0 Å². The molecule has 0 spiro atoms. The van der Waals surface area contributed by atoms with Crippen molar-refractivity contribution in [1.29, 1.82) is 0 Å². The fraction of sp³-hybridized carbons (Fsp3) is 1.00. The number of hydrogen-bond donors (Lipinski definition) is 0. The zero-order valence-electron chi connectivity index (χ0n) is 6.72. The van der Waals surface area contributed by atoms with E-state index >= 15 is 0 Å². The molecule has 2 bridgehead atoms. The summed E-state index contributed by atoms with van der Waals surface area (Å²) in [4.78, 5) is 0. The van der Waals surface area contributed by atoms with Gasteiger partial charge in [0.15, 0.2) is 0 Å². The molecule has 3 unspecified atom stereocenters. The molecule has 70 valence electrons. The maximum absolute atomic E-state index is 6.03. The van der Waals surface area contributed by atoms with Crippen molar-refractivity contribution in [3.63, 3.8) is 0 Å². The predicted octanol–water partition coefficient (Wildman–Crippen LogP) is 0.839. The zero-order valence-corrected chi connectivity index (χ0v) is 13.1. The maximum atomic E-state index is 6.03. The van der Waals surface area contributed by atoms with Crippen molar-refractivity contribution in [3.05, 3.63) is 0 Å². The summed E-state index contributed by atoms with van der Waals surface area (Å²) < 4.78 is 4.79. The Morgan fingerprint density at radius 3 is 2.42 bits per heavy atom. The Labute approximate surface area is 96.9 Å². The van der Waals surface area contributed by atoms with E-state index in [-0.39, 0.29) is 0 Å². The molecule has 0 amide bonds. The molecule has 2 fully saturated rings. The molecule has 5 heteroatoms. The Kier molecular flexibility index (Phi) is 3.35. The number of hydrogen-bond acceptors (Lipinski definition) is 1. The van der Waals surface area contributed by atoms with E-state index in [1.807, 2.05) is 0 Å². The van der Waals surface area contributed by atoms with Gasteiger partial charge in [-0.1, -0.05) is 0 Å². The molecule has 0 aromatic heterocycles. The first-order chi connectivity index (χ1) is 5.54. The monoisotopic (exact) mass is 384 g/mol. The summed E-state index contributed by atoms with van der Waals surface area (Å²) in [5.74, 6) is 1.88. The molecule has 0 saturated heterocycles. The third-order valence-electron chi connectivity index (χ3n) is 2.95. The molecule has 2 rings (SSSR count). The van der Waals surface area contributed by atoms with Crippen molar-refractivity contribution in [3.8, 4) is 0 Å². The van der Waals surface area contributed by atoms with Gasteiger partial charge in [0.25, 0.3) is 0 Å². The van der Waals surface area contributed by atoms with Crippen molar-refractivity contribution < 1.29 is 4.52 Å². The van der Waals surface area contributed by atoms with Crippen molar-refractivity contribution in [2.75, 3.05) is 0 Å². The van der Waals surface area contributed by atoms with Crippen LogP contribution in [0.3, 0.4) is 0 Å². The third kappa shape index (κ3) is 2.50. The summed E-state index contributed by atoms with van der Waals surface area (Å²) in [6.07, 6.45) is 6.20. The Bertz CT molecular complexity index is 227. The van der Waals surface area contributed by atoms with Gasteiger partial charge in [-0.3, -0.25) is 0 Å². The van der Waals surface area contributed by atoms with Crippen molar-refractivity contribution >= 4 is 49.4 Å². The van der Waals surface area contributed by atoms with Crippen LogP contribution in [-0.4, -0.2) is 52.3 Å². The Morgan fingerprint density at radius 1 is 1.25 bits per heavy atom. The van der Waals surface area contributed by atoms with Crippen LogP contribution in [-0.2, 0) is 4.52 Å². The summed E-state index contributed by atoms with van der Waals surface area (Å²) in [6.45, 7) is 0. The zero-order chi connectivity index (χ0) is 8.77. The average Bonchev–Trinajstić information content (AvgIpc) is 2.42. The molecular formula is C7H13OPSe3. The van der Waals surface area contributed by atoms with E-state index in [4.69, 9.17) is 4.52 Å². The first-order valence-electron chi connectivity index (χ1n) is 4.28. The van der Waals surface area contributed by atoms with Crippen LogP contribution in [0.4, 0.5) is 0 Å². The second-order valence-electron chi connectivity index (χ2n) is 3.81. The van der Waals surface area contributed by atoms with Crippen molar-refractivity contribution in [1.82, 2.24) is 0 Å². The SMILES string of the molecule is [Se]=P([SeH])([SeH])OC1CC2CCC1C2. The van der Waals surface area contributed by atoms with Crippen LogP contribution >= 0.6 is 3.11 Å². The summed E-state index contributed by atoms with van der Waals surface area (Å²) in [5.41, 5.74) is 0. The topological polar surface area (TPSA) is 9.23 Å². The van der Waals surface area contributed by atoms with Crippen LogP contribution in [0, 0.1) is 11.8 Å². The van der Waals surface area contributed by atoms with E-state index in [0.29, 0.717) is 6.10 Å². The number of fused-ring (bicyclic) bond motifs is 2. The second kappa shape index (κ2) is 3.84. The minimum absolute atomic E-state index is 0.574. The normalized spacial score (nSPS) is 40.7. The summed E-state index contributed by atoms with van der Waals surface area (Å²) >= 11 is 8.44. The standard InChI is InChI=1S/C7H13OPSe3/c10-9(11,12)8-7-4-5-1-2-6(7)3-5/h5-7H,1-4H2,(H2,10,11,12). The number of rotatable bonds is 2. The molecule has 0 N–H and O–H groups in total. The van der Waals surface area contributed by atoms with E-state index in [2.05, 4.69) is 46.2 Å². The van der Waals surface area contributed by atoms with Gasteiger partial charge in [-0.25, -0.2) is 0 Å². The second-order valence-corrected chi connectivity index (χ2v) is 27.7. The molecule has 0 aliphatic heterocycles. The molecule has 12 heavy (non-hydrogen) atoms. The molecule has 0 aromatic rings. The van der Waals surface area contributed by atoms with Crippen LogP contribution in [0.15, 0.2) is 0 Å². The molecule has 0 aromatic carbocycles. The van der Waals surface area contributed by atoms with Gasteiger partial charge in [-0.15, -0.1) is 0 Å². The fourth-order valence-electron chi connectivity index (χ4n) is 2.49. The summed E-state index contributed by atoms with van der Waals surface area (Å²) in [7, 11) is 0. The molecule has 3 atom stereocenters. The van der Waals surface area contributed by atoms with Crippen LogP contribution < -0.4 is 0 Å². The van der Waals surface area contributed by atoms with Crippen LogP contribution in [0.2, 0.25) is 0 Å². The molecule has 0 heterocycles. The third-order valence-corrected chi connectivity index (χ3v) is 5.22. The fourth-order valence-corrected chi connectivity index (χ4v) is 5.32. The molecule has 2 saturated carbocycles. The van der Waals surface area contributed by atoms with E-state index < -0.39 is 3.11 Å². The Balaban J connectivity index is 1.95. The van der Waals surface area contributed by atoms with Crippen LogP contribution in [0.5, 0.6) is 0 Å². The van der Waals surface area contributed by atoms with Crippen molar-refractivity contribution in [2.45, 2.75) is 31.8 Å². The van der Waals surface area contributed by atoms with Gasteiger partial charge >= 0.3 is 97.5 Å². The first kappa shape index (κ1) is 10.5. The Morgan fingerprint density at radius 2 is 2.00 bits per heavy atom. The van der Waals surface area contributed by atoms with Gasteiger partial charge in [0.05, 0.1) is 0 Å². The molecule has 2 aliphatic carbocycles. The average molecular weight is 381 g/mol. The van der Waals surface area contributed by atoms with Gasteiger partial charge in [-0.2, -0.15) is 0 Å². The molecule has 2 aliphatic rings. The molecule has 1 nitrogen and oxygen atoms in total. The van der Waals surface area contributed by atoms with E-state index in [9.17, 15) is 0 Å². The van der Waals surface area contributed by atoms with Crippen LogP contribution in [0.25, 0.3) is 0 Å². The minimum atomic E-state index is -1.24. The van der Waals surface area contributed by atoms with Gasteiger partial charge < -0.3 is 0 Å². The van der Waals surface area contributed by atoms with Gasteiger partial charge in [0.1, 0.15) is 0 Å². The Hall–Kier alpha value is 1.95. The van der Waals surface area contributed by atoms with Crippen LogP contribution in [0.1, 0.15) is 25.7 Å². The molecular weight excluding hydrogens is 368 g/mol. The first-order valence-corrected chi connectivity index (χ1v) is 13.1. The van der Waals surface area contributed by atoms with E-state index in [1.54, 1.807) is 0 Å². The van der Waals surface area contributed by atoms with Gasteiger partial charge in [0.2, 0.25) is 0 Å². The van der Waals surface area contributed by atoms with E-state index in [1.165, 1.54) is 25.7 Å². The summed E-state index contributed by atoms with van der Waals surface area (Å²) in [6, 6.07) is 0. The van der Waals surface area contributed by atoms with Gasteiger partial charge in [-0.05, 0) is 0 Å². The van der Waals surface area contributed by atoms with E-state index in [0.717, 1.165) is 11.8 Å².